The van der Waals surface area contributed by atoms with Crippen LogP contribution in [0, 0.1) is 0 Å². The Hall–Kier alpha value is -2.93. The first kappa shape index (κ1) is 21.4. The quantitative estimate of drug-likeness (QED) is 0.153. The van der Waals surface area contributed by atoms with Crippen molar-refractivity contribution in [2.45, 2.75) is 0 Å². The van der Waals surface area contributed by atoms with E-state index in [-0.39, 0.29) is 0 Å². The fourth-order valence-corrected chi connectivity index (χ4v) is 1.88. The molecule has 28 heavy (non-hydrogen) atoms. The molecule has 0 saturated heterocycles. The molecule has 0 bridgehead atoms. The number of aromatic nitrogens is 1. The van der Waals surface area contributed by atoms with E-state index in [4.69, 9.17) is 4.74 Å². The number of halogens is 6. The molecule has 0 fully saturated rings. The van der Waals surface area contributed by atoms with Crippen LogP contribution in [-0.2, 0) is 0 Å². The summed E-state index contributed by atoms with van der Waals surface area (Å²) in [6, 6.07) is 25.3. The fourth-order valence-electron chi connectivity index (χ4n) is 1.88. The van der Waals surface area contributed by atoms with Gasteiger partial charge in [-0.3, -0.25) is 0 Å². The van der Waals surface area contributed by atoms with Gasteiger partial charge in [0, 0.05) is 22.8 Å². The number of benzene rings is 2. The van der Waals surface area contributed by atoms with Crippen molar-refractivity contribution in [3.8, 4) is 5.75 Å². The van der Waals surface area contributed by atoms with E-state index >= 15 is 0 Å². The minimum atomic E-state index is -10.7. The second-order valence-electron chi connectivity index (χ2n) is 5.40. The van der Waals surface area contributed by atoms with Crippen LogP contribution in [0.3, 0.4) is 0 Å². The molecule has 150 valence electrons. The van der Waals surface area contributed by atoms with Gasteiger partial charge in [-0.1, -0.05) is 47.1 Å². The van der Waals surface area contributed by atoms with Gasteiger partial charge in [0.2, 0.25) is 12.4 Å². The maximum atomic E-state index is 9.87. The summed E-state index contributed by atoms with van der Waals surface area (Å²) in [5, 5.41) is 4.54. The van der Waals surface area contributed by atoms with Gasteiger partial charge in [0.05, 0.1) is 0 Å². The van der Waals surface area contributed by atoms with Gasteiger partial charge in [-0.25, -0.2) is 0 Å². The number of hydrogen-bond acceptors (Lipinski definition) is 2. The molecule has 0 radical (unpaired) electrons. The smallest absolute Gasteiger partial charge is 0.292 e. The van der Waals surface area contributed by atoms with Gasteiger partial charge in [-0.05, 0) is 24.3 Å². The molecule has 0 spiro atoms. The number of para-hydroxylation sites is 1. The van der Waals surface area contributed by atoms with Crippen LogP contribution >= 0.6 is 7.81 Å². The zero-order chi connectivity index (χ0) is 20.7. The Bertz CT molecular complexity index is 907. The second kappa shape index (κ2) is 7.59. The summed E-state index contributed by atoms with van der Waals surface area (Å²) in [5.41, 5.74) is 0.928. The van der Waals surface area contributed by atoms with Gasteiger partial charge in [0.25, 0.3) is 5.90 Å². The van der Waals surface area contributed by atoms with E-state index in [0.717, 1.165) is 11.3 Å². The monoisotopic (exact) mass is 420 g/mol. The predicted molar refractivity (Wildman–Crippen MR) is 95.7 cm³/mol. The molecule has 0 aliphatic heterocycles. The number of pyridine rings is 1. The molecule has 1 aromatic heterocycles. The molecule has 0 aliphatic rings. The fraction of sp³-hybridized carbons (Fsp3) is 0. The van der Waals surface area contributed by atoms with Crippen molar-refractivity contribution in [2.75, 3.05) is 0 Å². The van der Waals surface area contributed by atoms with E-state index in [1.54, 1.807) is 4.68 Å². The average Bonchev–Trinajstić information content (AvgIpc) is 2.61. The zero-order valence-electron chi connectivity index (χ0n) is 14.2. The largest absolute Gasteiger partial charge is 0.434 e. The van der Waals surface area contributed by atoms with Gasteiger partial charge < -0.3 is 4.74 Å². The Labute approximate surface area is 156 Å². The molecular weight excluding hydrogens is 405 g/mol. The first-order valence-electron chi connectivity index (χ1n) is 7.77. The first-order valence-corrected chi connectivity index (χ1v) is 9.80. The Morgan fingerprint density at radius 3 is 1.61 bits per heavy atom. The minimum Gasteiger partial charge on any atom is -0.434 e. The van der Waals surface area contributed by atoms with Gasteiger partial charge >= 0.3 is 33.0 Å². The van der Waals surface area contributed by atoms with Crippen LogP contribution in [0.1, 0.15) is 5.56 Å². The second-order valence-corrected chi connectivity index (χ2v) is 7.32. The van der Waals surface area contributed by atoms with Crippen molar-refractivity contribution >= 4 is 13.7 Å². The van der Waals surface area contributed by atoms with Crippen molar-refractivity contribution in [3.63, 3.8) is 0 Å². The number of rotatable bonds is 3. The SMILES string of the molecule is F[P-](F)(F)(F)(F)F.c1ccc(O/C(=N\[n+]2ccccc2)c2ccccc2)cc1. The molecule has 0 saturated carbocycles. The third-order valence-electron chi connectivity index (χ3n) is 2.88. The Balaban J connectivity index is 0.000000345. The maximum absolute atomic E-state index is 10.7. The van der Waals surface area contributed by atoms with Crippen LogP contribution < -0.4 is 9.41 Å². The maximum Gasteiger partial charge on any atom is 0.292 e. The average molecular weight is 420 g/mol. The zero-order valence-corrected chi connectivity index (χ0v) is 15.1. The number of ether oxygens (including phenoxy) is 1. The van der Waals surface area contributed by atoms with Crippen molar-refractivity contribution in [3.05, 3.63) is 96.8 Å². The Morgan fingerprint density at radius 1 is 0.679 bits per heavy atom. The molecule has 1 heterocycles. The number of hydrogen-bond donors (Lipinski definition) is 0. The third kappa shape index (κ3) is 10.3. The molecule has 0 amide bonds. The van der Waals surface area contributed by atoms with Crippen LogP contribution in [0.2, 0.25) is 0 Å². The van der Waals surface area contributed by atoms with Crippen LogP contribution in [-0.4, -0.2) is 5.90 Å². The molecule has 0 N–H and O–H groups in total. The van der Waals surface area contributed by atoms with E-state index in [0.29, 0.717) is 5.90 Å². The number of nitrogens with zero attached hydrogens (tertiary/aromatic N) is 2. The van der Waals surface area contributed by atoms with Crippen LogP contribution in [0.4, 0.5) is 25.2 Å². The van der Waals surface area contributed by atoms with E-state index in [2.05, 4.69) is 5.10 Å². The Kier molecular flexibility index (Phi) is 5.80. The Morgan fingerprint density at radius 2 is 1.11 bits per heavy atom. The van der Waals surface area contributed by atoms with Gasteiger partial charge in [0.15, 0.2) is 0 Å². The van der Waals surface area contributed by atoms with Crippen molar-refractivity contribution < 1.29 is 34.6 Å². The molecule has 0 unspecified atom stereocenters. The summed E-state index contributed by atoms with van der Waals surface area (Å²) in [6.07, 6.45) is 3.74. The normalized spacial score (nSPS) is 14.1. The van der Waals surface area contributed by atoms with E-state index in [9.17, 15) is 25.2 Å². The van der Waals surface area contributed by atoms with Crippen molar-refractivity contribution in [2.24, 2.45) is 5.10 Å². The first-order chi connectivity index (χ1) is 12.9. The summed E-state index contributed by atoms with van der Waals surface area (Å²) in [4.78, 5) is 0. The van der Waals surface area contributed by atoms with Gasteiger partial charge in [0.1, 0.15) is 5.75 Å². The third-order valence-corrected chi connectivity index (χ3v) is 2.88. The summed E-state index contributed by atoms with van der Waals surface area (Å²) in [6.45, 7) is 0. The summed E-state index contributed by atoms with van der Waals surface area (Å²) >= 11 is 0. The summed E-state index contributed by atoms with van der Waals surface area (Å²) in [7, 11) is -10.7. The predicted octanol–water partition coefficient (Wildman–Crippen LogP) is 6.65. The topological polar surface area (TPSA) is 25.5 Å². The van der Waals surface area contributed by atoms with E-state index in [1.807, 2.05) is 91.3 Å². The molecule has 0 atom stereocenters. The van der Waals surface area contributed by atoms with E-state index in [1.165, 1.54) is 0 Å². The van der Waals surface area contributed by atoms with E-state index < -0.39 is 7.81 Å². The van der Waals surface area contributed by atoms with Crippen molar-refractivity contribution in [1.29, 1.82) is 0 Å². The summed E-state index contributed by atoms with van der Waals surface area (Å²) < 4.78 is 66.9. The summed E-state index contributed by atoms with van der Waals surface area (Å²) in [5.74, 6) is 1.31. The minimum absolute atomic E-state index is 0.554. The molecular formula is C18H15F6N2OP. The van der Waals surface area contributed by atoms with Crippen LogP contribution in [0.5, 0.6) is 5.75 Å². The molecule has 3 aromatic rings. The molecule has 2 aromatic carbocycles. The van der Waals surface area contributed by atoms with Crippen LogP contribution in [0.15, 0.2) is 96.4 Å². The molecule has 3 rings (SSSR count). The van der Waals surface area contributed by atoms with Crippen LogP contribution in [0.25, 0.3) is 0 Å². The standard InChI is InChI=1S/C18H15N2O.F6P/c1-4-10-16(11-5-1)18(19-20-14-8-3-9-15-20)21-17-12-6-2-7-13-17;1-7(2,3,4,5)6/h1-15H;/q+1;-1/b19-18-;. The molecule has 10 heteroatoms. The van der Waals surface area contributed by atoms with Crippen molar-refractivity contribution in [1.82, 2.24) is 0 Å². The van der Waals surface area contributed by atoms with Gasteiger partial charge in [-0.15, -0.1) is 0 Å². The van der Waals surface area contributed by atoms with Gasteiger partial charge in [-0.2, -0.15) is 0 Å². The molecule has 3 nitrogen and oxygen atoms in total. The molecule has 0 aliphatic carbocycles.